The number of nitrogens with one attached hydrogen (secondary N) is 1. The minimum absolute atomic E-state index is 0.718. The summed E-state index contributed by atoms with van der Waals surface area (Å²) in [5.74, 6) is 4.26. The number of thioether (sulfide) groups is 1. The van der Waals surface area contributed by atoms with Crippen LogP contribution in [0.3, 0.4) is 0 Å². The van der Waals surface area contributed by atoms with E-state index in [9.17, 15) is 0 Å². The van der Waals surface area contributed by atoms with Gasteiger partial charge in [-0.3, -0.25) is 0 Å². The predicted molar refractivity (Wildman–Crippen MR) is 78.3 cm³/mol. The Morgan fingerprint density at radius 1 is 1.06 bits per heavy atom. The van der Waals surface area contributed by atoms with E-state index in [0.29, 0.717) is 0 Å². The molecule has 16 heavy (non-hydrogen) atoms. The van der Waals surface area contributed by atoms with Gasteiger partial charge in [0.25, 0.3) is 0 Å². The third kappa shape index (κ3) is 9.53. The van der Waals surface area contributed by atoms with Crippen LogP contribution < -0.4 is 5.32 Å². The molecule has 0 spiro atoms. The van der Waals surface area contributed by atoms with E-state index in [0.717, 1.165) is 24.4 Å². The molecule has 0 amide bonds. The van der Waals surface area contributed by atoms with Crippen molar-refractivity contribution in [2.75, 3.05) is 18.1 Å². The molecular weight excluding hydrogens is 214 g/mol. The van der Waals surface area contributed by atoms with Crippen LogP contribution in [0.15, 0.2) is 0 Å². The minimum atomic E-state index is 0.718. The molecular formula is C14H31NS. The predicted octanol–water partition coefficient (Wildman–Crippen LogP) is 4.18. The molecule has 1 nitrogen and oxygen atoms in total. The highest BCUT2D eigenvalue weighted by atomic mass is 32.2. The van der Waals surface area contributed by atoms with Crippen LogP contribution in [0.1, 0.15) is 53.9 Å². The van der Waals surface area contributed by atoms with Crippen LogP contribution in [0.5, 0.6) is 0 Å². The standard InChI is InChI=1S/C14H31NS/c1-6-8-13(5)9-14(15-7-2)11-16-10-12(3)4/h12-15H,6-11H2,1-5H3. The van der Waals surface area contributed by atoms with Crippen LogP contribution in [0, 0.1) is 11.8 Å². The highest BCUT2D eigenvalue weighted by Crippen LogP contribution is 2.17. The Morgan fingerprint density at radius 2 is 1.75 bits per heavy atom. The molecule has 98 valence electrons. The van der Waals surface area contributed by atoms with Gasteiger partial charge >= 0.3 is 0 Å². The molecule has 0 aliphatic rings. The summed E-state index contributed by atoms with van der Waals surface area (Å²) in [6, 6.07) is 0.718. The Balaban J connectivity index is 3.77. The minimum Gasteiger partial charge on any atom is -0.313 e. The molecule has 0 fully saturated rings. The third-order valence-corrected chi connectivity index (χ3v) is 4.27. The van der Waals surface area contributed by atoms with Crippen molar-refractivity contribution in [1.29, 1.82) is 0 Å². The second kappa shape index (κ2) is 10.5. The monoisotopic (exact) mass is 245 g/mol. The van der Waals surface area contributed by atoms with E-state index in [1.165, 1.54) is 30.8 Å². The summed E-state index contributed by atoms with van der Waals surface area (Å²) < 4.78 is 0. The lowest BCUT2D eigenvalue weighted by Crippen LogP contribution is -2.33. The van der Waals surface area contributed by atoms with Gasteiger partial charge in [0.1, 0.15) is 0 Å². The van der Waals surface area contributed by atoms with Crippen LogP contribution >= 0.6 is 11.8 Å². The molecule has 2 unspecified atom stereocenters. The van der Waals surface area contributed by atoms with E-state index in [1.54, 1.807) is 0 Å². The number of hydrogen-bond acceptors (Lipinski definition) is 2. The lowest BCUT2D eigenvalue weighted by atomic mass is 9.98. The topological polar surface area (TPSA) is 12.0 Å². The van der Waals surface area contributed by atoms with Crippen LogP contribution in [0.2, 0.25) is 0 Å². The molecule has 0 saturated heterocycles. The van der Waals surface area contributed by atoms with Crippen LogP contribution in [0.4, 0.5) is 0 Å². The molecule has 0 bridgehead atoms. The van der Waals surface area contributed by atoms with Gasteiger partial charge in [-0.05, 0) is 30.6 Å². The van der Waals surface area contributed by atoms with E-state index in [-0.39, 0.29) is 0 Å². The second-order valence-corrected chi connectivity index (χ2v) is 6.39. The van der Waals surface area contributed by atoms with Gasteiger partial charge in [0.2, 0.25) is 0 Å². The number of rotatable bonds is 10. The van der Waals surface area contributed by atoms with Crippen molar-refractivity contribution in [2.24, 2.45) is 11.8 Å². The normalized spacial score (nSPS) is 15.4. The maximum Gasteiger partial charge on any atom is 0.0160 e. The van der Waals surface area contributed by atoms with E-state index in [2.05, 4.69) is 51.7 Å². The molecule has 1 N–H and O–H groups in total. The van der Waals surface area contributed by atoms with Crippen LogP contribution in [0.25, 0.3) is 0 Å². The summed E-state index contributed by atoms with van der Waals surface area (Å²) in [7, 11) is 0. The maximum absolute atomic E-state index is 3.62. The summed E-state index contributed by atoms with van der Waals surface area (Å²) in [5.41, 5.74) is 0. The van der Waals surface area contributed by atoms with E-state index >= 15 is 0 Å². The first-order valence-electron chi connectivity index (χ1n) is 6.91. The summed E-state index contributed by atoms with van der Waals surface area (Å²) >= 11 is 2.11. The largest absolute Gasteiger partial charge is 0.313 e. The molecule has 0 rings (SSSR count). The molecule has 0 aromatic heterocycles. The van der Waals surface area contributed by atoms with Crippen LogP contribution in [-0.2, 0) is 0 Å². The lowest BCUT2D eigenvalue weighted by molar-refractivity contribution is 0.409. The van der Waals surface area contributed by atoms with Crippen LogP contribution in [-0.4, -0.2) is 24.1 Å². The molecule has 0 aliphatic carbocycles. The zero-order valence-electron chi connectivity index (χ0n) is 11.9. The second-order valence-electron chi connectivity index (χ2n) is 5.32. The zero-order valence-corrected chi connectivity index (χ0v) is 12.7. The van der Waals surface area contributed by atoms with Gasteiger partial charge in [-0.15, -0.1) is 0 Å². The molecule has 0 radical (unpaired) electrons. The summed E-state index contributed by atoms with van der Waals surface area (Å²) in [6.45, 7) is 12.6. The van der Waals surface area contributed by atoms with Gasteiger partial charge in [-0.2, -0.15) is 11.8 Å². The van der Waals surface area contributed by atoms with Crippen molar-refractivity contribution < 1.29 is 0 Å². The Morgan fingerprint density at radius 3 is 2.25 bits per heavy atom. The van der Waals surface area contributed by atoms with Gasteiger partial charge < -0.3 is 5.32 Å². The fraction of sp³-hybridized carbons (Fsp3) is 1.00. The van der Waals surface area contributed by atoms with Crippen molar-refractivity contribution in [2.45, 2.75) is 59.9 Å². The molecule has 0 aromatic rings. The first-order chi connectivity index (χ1) is 7.60. The molecule has 0 aliphatic heterocycles. The van der Waals surface area contributed by atoms with Crippen molar-refractivity contribution in [1.82, 2.24) is 5.32 Å². The summed E-state index contributed by atoms with van der Waals surface area (Å²) in [4.78, 5) is 0. The average Bonchev–Trinajstić information content (AvgIpc) is 2.17. The van der Waals surface area contributed by atoms with Gasteiger partial charge in [-0.1, -0.05) is 47.5 Å². The molecule has 0 aromatic carbocycles. The Bertz CT molecular complexity index is 148. The highest BCUT2D eigenvalue weighted by molar-refractivity contribution is 7.99. The fourth-order valence-corrected chi connectivity index (χ4v) is 3.19. The Labute approximate surface area is 107 Å². The first-order valence-corrected chi connectivity index (χ1v) is 8.06. The lowest BCUT2D eigenvalue weighted by Gasteiger charge is -2.21. The quantitative estimate of drug-likeness (QED) is 0.619. The van der Waals surface area contributed by atoms with Gasteiger partial charge in [-0.25, -0.2) is 0 Å². The van der Waals surface area contributed by atoms with Crippen molar-refractivity contribution in [3.63, 3.8) is 0 Å². The van der Waals surface area contributed by atoms with Gasteiger partial charge in [0.15, 0.2) is 0 Å². The highest BCUT2D eigenvalue weighted by Gasteiger charge is 2.12. The average molecular weight is 245 g/mol. The Kier molecular flexibility index (Phi) is 10.7. The molecule has 0 heterocycles. The van der Waals surface area contributed by atoms with E-state index < -0.39 is 0 Å². The van der Waals surface area contributed by atoms with Gasteiger partial charge in [0, 0.05) is 11.8 Å². The smallest absolute Gasteiger partial charge is 0.0160 e. The summed E-state index contributed by atoms with van der Waals surface area (Å²) in [5, 5.41) is 3.62. The Hall–Kier alpha value is 0.310. The first kappa shape index (κ1) is 16.3. The molecule has 2 atom stereocenters. The van der Waals surface area contributed by atoms with Gasteiger partial charge in [0.05, 0.1) is 0 Å². The van der Waals surface area contributed by atoms with Crippen molar-refractivity contribution in [3.8, 4) is 0 Å². The van der Waals surface area contributed by atoms with Crippen molar-refractivity contribution in [3.05, 3.63) is 0 Å². The zero-order chi connectivity index (χ0) is 12.4. The van der Waals surface area contributed by atoms with Crippen molar-refractivity contribution >= 4 is 11.8 Å². The van der Waals surface area contributed by atoms with E-state index in [4.69, 9.17) is 0 Å². The SMILES string of the molecule is CCCC(C)CC(CSCC(C)C)NCC. The summed E-state index contributed by atoms with van der Waals surface area (Å²) in [6.07, 6.45) is 4.03. The fourth-order valence-electron chi connectivity index (χ4n) is 2.04. The number of hydrogen-bond donors (Lipinski definition) is 1. The molecule has 0 saturated carbocycles. The maximum atomic E-state index is 3.62. The van der Waals surface area contributed by atoms with E-state index in [1.807, 2.05) is 0 Å². The third-order valence-electron chi connectivity index (χ3n) is 2.73. The molecule has 2 heteroatoms.